The van der Waals surface area contributed by atoms with E-state index in [2.05, 4.69) is 20.3 Å². The van der Waals surface area contributed by atoms with E-state index in [1.54, 1.807) is 18.6 Å². The Morgan fingerprint density at radius 1 is 1.23 bits per heavy atom. The van der Waals surface area contributed by atoms with Crippen LogP contribution in [0.1, 0.15) is 15.4 Å². The number of carbonyl (C=O) groups is 1. The third-order valence-electron chi connectivity index (χ3n) is 2.92. The summed E-state index contributed by atoms with van der Waals surface area (Å²) in [7, 11) is 0. The molecule has 22 heavy (non-hydrogen) atoms. The Balaban J connectivity index is 1.74. The highest BCUT2D eigenvalue weighted by molar-refractivity contribution is 7.17. The molecule has 0 saturated heterocycles. The zero-order chi connectivity index (χ0) is 15.4. The number of hydrogen-bond donors (Lipinski definition) is 2. The first-order valence-corrected chi connectivity index (χ1v) is 7.40. The van der Waals surface area contributed by atoms with Crippen LogP contribution < -0.4 is 11.1 Å². The Labute approximate surface area is 131 Å². The topological polar surface area (TPSA) is 93.8 Å². The fraction of sp³-hybridized carbons (Fsp3) is 0.0667. The van der Waals surface area contributed by atoms with Crippen molar-refractivity contribution in [3.8, 4) is 10.6 Å². The number of thiazole rings is 1. The average Bonchev–Trinajstić information content (AvgIpc) is 2.96. The van der Waals surface area contributed by atoms with Gasteiger partial charge in [-0.2, -0.15) is 0 Å². The number of nitrogens with two attached hydrogens (primary N) is 1. The number of amides is 1. The molecule has 0 aliphatic carbocycles. The maximum Gasteiger partial charge on any atom is 0.265 e. The van der Waals surface area contributed by atoms with Crippen LogP contribution in [-0.2, 0) is 6.54 Å². The number of carbonyl (C=O) groups excluding carboxylic acids is 1. The Hall–Kier alpha value is -2.80. The molecule has 1 amide bonds. The van der Waals surface area contributed by atoms with Gasteiger partial charge in [-0.3, -0.25) is 14.8 Å². The van der Waals surface area contributed by atoms with Gasteiger partial charge >= 0.3 is 0 Å². The molecule has 0 saturated carbocycles. The summed E-state index contributed by atoms with van der Waals surface area (Å²) in [5.74, 6) is -0.0295. The third kappa shape index (κ3) is 3.09. The van der Waals surface area contributed by atoms with Gasteiger partial charge in [0, 0.05) is 24.2 Å². The fourth-order valence-corrected chi connectivity index (χ4v) is 2.75. The Kier molecular flexibility index (Phi) is 4.06. The van der Waals surface area contributed by atoms with E-state index in [-0.39, 0.29) is 11.7 Å². The van der Waals surface area contributed by atoms with Crippen LogP contribution in [0.2, 0.25) is 0 Å². The predicted octanol–water partition coefficient (Wildman–Crippen LogP) is 2.11. The van der Waals surface area contributed by atoms with Crippen LogP contribution in [0, 0.1) is 0 Å². The molecule has 0 spiro atoms. The quantitative estimate of drug-likeness (QED) is 0.769. The molecule has 3 rings (SSSR count). The highest BCUT2D eigenvalue weighted by Crippen LogP contribution is 2.28. The van der Waals surface area contributed by atoms with Gasteiger partial charge in [0.2, 0.25) is 0 Å². The highest BCUT2D eigenvalue weighted by atomic mass is 32.1. The molecule has 0 aliphatic rings. The number of pyridine rings is 2. The zero-order valence-corrected chi connectivity index (χ0v) is 12.4. The highest BCUT2D eigenvalue weighted by Gasteiger charge is 2.17. The number of nitrogen functional groups attached to an aromatic ring is 1. The molecule has 0 fully saturated rings. The second kappa shape index (κ2) is 6.31. The first-order valence-electron chi connectivity index (χ1n) is 6.59. The van der Waals surface area contributed by atoms with E-state index in [0.29, 0.717) is 16.4 Å². The summed E-state index contributed by atoms with van der Waals surface area (Å²) in [6, 6.07) is 9.23. The summed E-state index contributed by atoms with van der Waals surface area (Å²) < 4.78 is 0. The zero-order valence-electron chi connectivity index (χ0n) is 11.6. The Morgan fingerprint density at radius 2 is 2.14 bits per heavy atom. The fourth-order valence-electron chi connectivity index (χ4n) is 1.86. The van der Waals surface area contributed by atoms with Crippen molar-refractivity contribution >= 4 is 23.1 Å². The lowest BCUT2D eigenvalue weighted by atomic mass is 10.3. The van der Waals surface area contributed by atoms with Gasteiger partial charge in [0.15, 0.2) is 0 Å². The first-order chi connectivity index (χ1) is 10.7. The van der Waals surface area contributed by atoms with E-state index in [0.717, 1.165) is 11.3 Å². The van der Waals surface area contributed by atoms with E-state index in [4.69, 9.17) is 5.73 Å². The number of aromatic nitrogens is 3. The molecular formula is C15H13N5OS. The molecule has 0 aliphatic heterocycles. The van der Waals surface area contributed by atoms with Crippen molar-refractivity contribution in [3.05, 3.63) is 59.5 Å². The lowest BCUT2D eigenvalue weighted by Crippen LogP contribution is -2.23. The predicted molar refractivity (Wildman–Crippen MR) is 85.2 cm³/mol. The van der Waals surface area contributed by atoms with Crippen molar-refractivity contribution in [2.24, 2.45) is 0 Å². The molecule has 110 valence electrons. The van der Waals surface area contributed by atoms with E-state index in [1.807, 2.05) is 30.3 Å². The standard InChI is InChI=1S/C15H13N5OS/c16-13-12(14(21)19-9-11-5-1-2-7-18-11)22-15(20-13)10-4-3-6-17-8-10/h1-8H,9,16H2,(H,19,21). The van der Waals surface area contributed by atoms with Gasteiger partial charge in [0.05, 0.1) is 12.2 Å². The third-order valence-corrected chi connectivity index (χ3v) is 4.04. The molecular weight excluding hydrogens is 298 g/mol. The van der Waals surface area contributed by atoms with Gasteiger partial charge < -0.3 is 11.1 Å². The maximum atomic E-state index is 12.2. The molecule has 7 heteroatoms. The summed E-state index contributed by atoms with van der Waals surface area (Å²) >= 11 is 1.25. The monoisotopic (exact) mass is 311 g/mol. The molecule has 0 bridgehead atoms. The van der Waals surface area contributed by atoms with Crippen molar-refractivity contribution in [1.29, 1.82) is 0 Å². The van der Waals surface area contributed by atoms with Crippen LogP contribution in [0.15, 0.2) is 48.9 Å². The van der Waals surface area contributed by atoms with Crippen molar-refractivity contribution in [2.45, 2.75) is 6.54 Å². The normalized spacial score (nSPS) is 10.4. The van der Waals surface area contributed by atoms with E-state index in [1.165, 1.54) is 11.3 Å². The van der Waals surface area contributed by atoms with E-state index < -0.39 is 0 Å². The second-order valence-corrected chi connectivity index (χ2v) is 5.48. The van der Waals surface area contributed by atoms with Crippen LogP contribution in [0.3, 0.4) is 0 Å². The molecule has 0 radical (unpaired) electrons. The Morgan fingerprint density at radius 3 is 2.86 bits per heavy atom. The molecule has 0 atom stereocenters. The van der Waals surface area contributed by atoms with E-state index in [9.17, 15) is 4.79 Å². The minimum atomic E-state index is -0.254. The number of rotatable bonds is 4. The Bertz CT molecular complexity index is 773. The largest absolute Gasteiger partial charge is 0.382 e. The van der Waals surface area contributed by atoms with Crippen molar-refractivity contribution in [2.75, 3.05) is 5.73 Å². The number of hydrogen-bond acceptors (Lipinski definition) is 6. The van der Waals surface area contributed by atoms with Crippen molar-refractivity contribution in [3.63, 3.8) is 0 Å². The summed E-state index contributed by atoms with van der Waals surface area (Å²) in [6.45, 7) is 0.346. The van der Waals surface area contributed by atoms with Gasteiger partial charge in [0.1, 0.15) is 15.7 Å². The van der Waals surface area contributed by atoms with Crippen LogP contribution in [0.25, 0.3) is 10.6 Å². The lowest BCUT2D eigenvalue weighted by molar-refractivity contribution is 0.0955. The molecule has 3 aromatic rings. The summed E-state index contributed by atoms with van der Waals surface area (Å²) in [6.07, 6.45) is 5.05. The molecule has 3 N–H and O–H groups in total. The van der Waals surface area contributed by atoms with Gasteiger partial charge in [-0.25, -0.2) is 4.98 Å². The summed E-state index contributed by atoms with van der Waals surface area (Å²) in [4.78, 5) is 25.0. The molecule has 0 unspecified atom stereocenters. The van der Waals surface area contributed by atoms with Crippen LogP contribution in [0.5, 0.6) is 0 Å². The van der Waals surface area contributed by atoms with E-state index >= 15 is 0 Å². The van der Waals surface area contributed by atoms with Crippen LogP contribution in [-0.4, -0.2) is 20.9 Å². The lowest BCUT2D eigenvalue weighted by Gasteiger charge is -2.02. The minimum absolute atomic E-state index is 0.224. The van der Waals surface area contributed by atoms with Gasteiger partial charge in [-0.1, -0.05) is 6.07 Å². The smallest absolute Gasteiger partial charge is 0.265 e. The van der Waals surface area contributed by atoms with Crippen LogP contribution in [0.4, 0.5) is 5.82 Å². The SMILES string of the molecule is Nc1nc(-c2cccnc2)sc1C(=O)NCc1ccccn1. The first kappa shape index (κ1) is 14.2. The number of anilines is 1. The summed E-state index contributed by atoms with van der Waals surface area (Å²) in [5, 5.41) is 3.47. The van der Waals surface area contributed by atoms with Gasteiger partial charge in [-0.15, -0.1) is 11.3 Å². The van der Waals surface area contributed by atoms with Crippen molar-refractivity contribution in [1.82, 2.24) is 20.3 Å². The molecule has 3 heterocycles. The average molecular weight is 311 g/mol. The summed E-state index contributed by atoms with van der Waals surface area (Å²) in [5.41, 5.74) is 7.47. The second-order valence-electron chi connectivity index (χ2n) is 4.48. The van der Waals surface area contributed by atoms with Gasteiger partial charge in [-0.05, 0) is 24.3 Å². The number of nitrogens with one attached hydrogen (secondary N) is 1. The van der Waals surface area contributed by atoms with Gasteiger partial charge in [0.25, 0.3) is 5.91 Å². The number of nitrogens with zero attached hydrogens (tertiary/aromatic N) is 3. The van der Waals surface area contributed by atoms with Crippen LogP contribution >= 0.6 is 11.3 Å². The minimum Gasteiger partial charge on any atom is -0.382 e. The molecule has 3 aromatic heterocycles. The maximum absolute atomic E-state index is 12.2. The molecule has 0 aromatic carbocycles. The van der Waals surface area contributed by atoms with Crippen molar-refractivity contribution < 1.29 is 4.79 Å². The molecule has 6 nitrogen and oxygen atoms in total.